The van der Waals surface area contributed by atoms with E-state index in [1.165, 1.54) is 12.8 Å². The maximum atomic E-state index is 10.9. The number of aliphatic hydroxyl groups is 1. The van der Waals surface area contributed by atoms with E-state index in [-0.39, 0.29) is 11.7 Å². The van der Waals surface area contributed by atoms with E-state index < -0.39 is 6.10 Å². The van der Waals surface area contributed by atoms with E-state index >= 15 is 0 Å². The molecule has 0 heterocycles. The monoisotopic (exact) mass is 186 g/mol. The first-order valence-corrected chi connectivity index (χ1v) is 5.28. The minimum Gasteiger partial charge on any atom is -0.392 e. The summed E-state index contributed by atoms with van der Waals surface area (Å²) in [7, 11) is 0. The van der Waals surface area contributed by atoms with Gasteiger partial charge in [0.25, 0.3) is 0 Å². The van der Waals surface area contributed by atoms with Crippen LogP contribution in [-0.2, 0) is 4.79 Å². The van der Waals surface area contributed by atoms with E-state index in [1.807, 2.05) is 0 Å². The van der Waals surface area contributed by atoms with Crippen molar-refractivity contribution in [3.63, 3.8) is 0 Å². The molecule has 2 nitrogen and oxygen atoms in total. The summed E-state index contributed by atoms with van der Waals surface area (Å²) in [4.78, 5) is 10.9. The average molecular weight is 186 g/mol. The van der Waals surface area contributed by atoms with Crippen molar-refractivity contribution in [3.05, 3.63) is 0 Å². The molecule has 0 spiro atoms. The van der Waals surface area contributed by atoms with Crippen LogP contribution in [0.1, 0.15) is 52.9 Å². The fourth-order valence-corrected chi connectivity index (χ4v) is 1.30. The average Bonchev–Trinajstić information content (AvgIpc) is 2.10. The first-order valence-electron chi connectivity index (χ1n) is 5.28. The molecule has 0 aliphatic rings. The molecule has 2 unspecified atom stereocenters. The predicted molar refractivity (Wildman–Crippen MR) is 54.6 cm³/mol. The number of ketones is 1. The molecule has 0 saturated carbocycles. The lowest BCUT2D eigenvalue weighted by Crippen LogP contribution is -2.23. The van der Waals surface area contributed by atoms with Gasteiger partial charge >= 0.3 is 0 Å². The van der Waals surface area contributed by atoms with Crippen LogP contribution in [0.5, 0.6) is 0 Å². The molecule has 0 aliphatic heterocycles. The highest BCUT2D eigenvalue weighted by atomic mass is 16.3. The molecule has 0 aliphatic carbocycles. The van der Waals surface area contributed by atoms with Gasteiger partial charge in [0, 0.05) is 5.92 Å². The van der Waals surface area contributed by atoms with Crippen molar-refractivity contribution in [1.29, 1.82) is 0 Å². The van der Waals surface area contributed by atoms with E-state index in [0.29, 0.717) is 0 Å². The Kier molecular flexibility index (Phi) is 6.87. The highest BCUT2D eigenvalue weighted by Gasteiger charge is 2.17. The lowest BCUT2D eigenvalue weighted by Gasteiger charge is -2.15. The molecule has 2 heteroatoms. The maximum absolute atomic E-state index is 10.9. The van der Waals surface area contributed by atoms with Gasteiger partial charge in [-0.3, -0.25) is 4.79 Å². The van der Waals surface area contributed by atoms with Crippen LogP contribution in [-0.4, -0.2) is 17.0 Å². The van der Waals surface area contributed by atoms with E-state index in [9.17, 15) is 9.90 Å². The molecule has 0 rings (SSSR count). The van der Waals surface area contributed by atoms with Gasteiger partial charge in [0.2, 0.25) is 0 Å². The number of rotatable bonds is 7. The van der Waals surface area contributed by atoms with Crippen LogP contribution in [0.2, 0.25) is 0 Å². The fraction of sp³-hybridized carbons (Fsp3) is 0.909. The van der Waals surface area contributed by atoms with Gasteiger partial charge < -0.3 is 5.11 Å². The minimum atomic E-state index is -0.436. The molecule has 13 heavy (non-hydrogen) atoms. The number of carbonyl (C=O) groups is 1. The maximum Gasteiger partial charge on any atom is 0.135 e. The molecule has 0 aromatic heterocycles. The molecule has 2 atom stereocenters. The molecule has 0 bridgehead atoms. The summed E-state index contributed by atoms with van der Waals surface area (Å²) in [6.07, 6.45) is 4.96. The van der Waals surface area contributed by atoms with E-state index in [4.69, 9.17) is 0 Å². The van der Waals surface area contributed by atoms with Crippen LogP contribution in [0, 0.1) is 5.92 Å². The second-order valence-electron chi connectivity index (χ2n) is 3.82. The number of carbonyl (C=O) groups excluding carboxylic acids is 1. The third kappa shape index (κ3) is 5.81. The lowest BCUT2D eigenvalue weighted by molar-refractivity contribution is -0.123. The first kappa shape index (κ1) is 12.6. The zero-order chi connectivity index (χ0) is 10.3. The summed E-state index contributed by atoms with van der Waals surface area (Å²) < 4.78 is 0. The van der Waals surface area contributed by atoms with Gasteiger partial charge in [-0.1, -0.05) is 39.5 Å². The minimum absolute atomic E-state index is 0.0861. The summed E-state index contributed by atoms with van der Waals surface area (Å²) in [6.45, 7) is 5.50. The van der Waals surface area contributed by atoms with Crippen LogP contribution in [0.3, 0.4) is 0 Å². The van der Waals surface area contributed by atoms with Gasteiger partial charge in [0.05, 0.1) is 6.10 Å². The van der Waals surface area contributed by atoms with Gasteiger partial charge in [-0.25, -0.2) is 0 Å². The van der Waals surface area contributed by atoms with Crippen molar-refractivity contribution in [2.75, 3.05) is 0 Å². The van der Waals surface area contributed by atoms with Crippen LogP contribution >= 0.6 is 0 Å². The quantitative estimate of drug-likeness (QED) is 0.620. The van der Waals surface area contributed by atoms with Crippen molar-refractivity contribution >= 4 is 5.78 Å². The van der Waals surface area contributed by atoms with Gasteiger partial charge in [0.15, 0.2) is 0 Å². The Balaban J connectivity index is 3.50. The summed E-state index contributed by atoms with van der Waals surface area (Å²) in [5, 5.41) is 9.57. The topological polar surface area (TPSA) is 37.3 Å². The zero-order valence-electron chi connectivity index (χ0n) is 9.05. The SMILES string of the molecule is CCCCCCC(O)C(C)C(C)=O. The number of hydrogen-bond donors (Lipinski definition) is 1. The Bertz CT molecular complexity index is 143. The standard InChI is InChI=1S/C11H22O2/c1-4-5-6-7-8-11(13)9(2)10(3)12/h9,11,13H,4-8H2,1-3H3. The molecule has 0 amide bonds. The highest BCUT2D eigenvalue weighted by Crippen LogP contribution is 2.12. The molecular weight excluding hydrogens is 164 g/mol. The molecule has 78 valence electrons. The van der Waals surface area contributed by atoms with Crippen LogP contribution < -0.4 is 0 Å². The smallest absolute Gasteiger partial charge is 0.135 e. The third-order valence-corrected chi connectivity index (χ3v) is 2.57. The molecular formula is C11H22O2. The number of Topliss-reactive ketones (excluding diaryl/α,β-unsaturated/α-hetero) is 1. The van der Waals surface area contributed by atoms with Crippen LogP contribution in [0.15, 0.2) is 0 Å². The van der Waals surface area contributed by atoms with E-state index in [0.717, 1.165) is 19.3 Å². The van der Waals surface area contributed by atoms with Crippen molar-refractivity contribution in [1.82, 2.24) is 0 Å². The highest BCUT2D eigenvalue weighted by molar-refractivity contribution is 5.78. The molecule has 0 aromatic carbocycles. The molecule has 0 saturated heterocycles. The molecule has 0 radical (unpaired) electrons. The fourth-order valence-electron chi connectivity index (χ4n) is 1.30. The lowest BCUT2D eigenvalue weighted by atomic mass is 9.96. The van der Waals surface area contributed by atoms with Crippen molar-refractivity contribution in [2.24, 2.45) is 5.92 Å². The first-order chi connectivity index (χ1) is 6.09. The largest absolute Gasteiger partial charge is 0.392 e. The second-order valence-corrected chi connectivity index (χ2v) is 3.82. The number of unbranched alkanes of at least 4 members (excludes halogenated alkanes) is 3. The molecule has 0 aromatic rings. The van der Waals surface area contributed by atoms with Gasteiger partial charge in [-0.2, -0.15) is 0 Å². The number of hydrogen-bond acceptors (Lipinski definition) is 2. The third-order valence-electron chi connectivity index (χ3n) is 2.57. The Morgan fingerprint density at radius 3 is 2.38 bits per heavy atom. The zero-order valence-corrected chi connectivity index (χ0v) is 9.05. The van der Waals surface area contributed by atoms with Gasteiger partial charge in [0.1, 0.15) is 5.78 Å². The van der Waals surface area contributed by atoms with E-state index in [1.54, 1.807) is 13.8 Å². The summed E-state index contributed by atoms with van der Waals surface area (Å²) in [6, 6.07) is 0. The molecule has 0 fully saturated rings. The predicted octanol–water partition coefficient (Wildman–Crippen LogP) is 2.54. The summed E-state index contributed by atoms with van der Waals surface area (Å²) in [5.74, 6) is -0.107. The van der Waals surface area contributed by atoms with Gasteiger partial charge in [-0.15, -0.1) is 0 Å². The van der Waals surface area contributed by atoms with Crippen LogP contribution in [0.4, 0.5) is 0 Å². The Morgan fingerprint density at radius 2 is 1.92 bits per heavy atom. The van der Waals surface area contributed by atoms with Crippen molar-refractivity contribution < 1.29 is 9.90 Å². The second kappa shape index (κ2) is 7.07. The normalized spacial score (nSPS) is 15.4. The van der Waals surface area contributed by atoms with Gasteiger partial charge in [-0.05, 0) is 13.3 Å². The Morgan fingerprint density at radius 1 is 1.31 bits per heavy atom. The molecule has 1 N–H and O–H groups in total. The Labute approximate surface area is 81.3 Å². The number of aliphatic hydroxyl groups excluding tert-OH is 1. The van der Waals surface area contributed by atoms with Crippen molar-refractivity contribution in [2.45, 2.75) is 59.0 Å². The Hall–Kier alpha value is -0.370. The van der Waals surface area contributed by atoms with Crippen molar-refractivity contribution in [3.8, 4) is 0 Å². The van der Waals surface area contributed by atoms with E-state index in [2.05, 4.69) is 6.92 Å². The summed E-state index contributed by atoms with van der Waals surface area (Å²) in [5.41, 5.74) is 0. The van der Waals surface area contributed by atoms with Crippen LogP contribution in [0.25, 0.3) is 0 Å². The summed E-state index contributed by atoms with van der Waals surface area (Å²) >= 11 is 0.